The number of hydrogen-bond acceptors (Lipinski definition) is 3. The van der Waals surface area contributed by atoms with Crippen LogP contribution in [0.3, 0.4) is 0 Å². The van der Waals surface area contributed by atoms with E-state index in [1.807, 2.05) is 24.3 Å². The van der Waals surface area contributed by atoms with Gasteiger partial charge >= 0.3 is 0 Å². The lowest BCUT2D eigenvalue weighted by molar-refractivity contribution is 0.603. The minimum Gasteiger partial charge on any atom is -0.570 e. The quantitative estimate of drug-likeness (QED) is 0.402. The van der Waals surface area contributed by atoms with Crippen LogP contribution in [0.25, 0.3) is 15.5 Å². The third kappa shape index (κ3) is 3.99. The number of fused-ring (bicyclic) bond motifs is 1. The van der Waals surface area contributed by atoms with E-state index in [1.54, 1.807) is 47.3 Å². The summed E-state index contributed by atoms with van der Waals surface area (Å²) in [7, 11) is -3.85. The van der Waals surface area contributed by atoms with E-state index in [0.717, 1.165) is 16.3 Å². The van der Waals surface area contributed by atoms with Crippen molar-refractivity contribution in [2.75, 3.05) is 0 Å². The van der Waals surface area contributed by atoms with Crippen molar-refractivity contribution in [2.45, 2.75) is 11.4 Å². The molecule has 0 bridgehead atoms. The maximum Gasteiger partial charge on any atom is 0.123 e. The van der Waals surface area contributed by atoms with E-state index in [2.05, 4.69) is 9.82 Å². The summed E-state index contributed by atoms with van der Waals surface area (Å²) in [6.45, 7) is 0.377. The average molecular weight is 431 g/mol. The van der Waals surface area contributed by atoms with Gasteiger partial charge in [-0.3, -0.25) is 4.68 Å². The number of benzene rings is 3. The number of hydrogen-bond donors (Lipinski definition) is 0. The van der Waals surface area contributed by atoms with Crippen molar-refractivity contribution in [2.24, 2.45) is 0 Å². The summed E-state index contributed by atoms with van der Waals surface area (Å²) in [5.74, 6) is 0. The second kappa shape index (κ2) is 7.47. The Kier molecular flexibility index (Phi) is 5.02. The van der Waals surface area contributed by atoms with Crippen molar-refractivity contribution in [3.05, 3.63) is 93.4 Å². The van der Waals surface area contributed by atoms with Gasteiger partial charge in [0.25, 0.3) is 0 Å². The number of halogens is 2. The molecule has 0 saturated carbocycles. The van der Waals surface area contributed by atoms with Gasteiger partial charge in [-0.1, -0.05) is 65.3 Å². The molecule has 0 aliphatic heterocycles. The Morgan fingerprint density at radius 1 is 0.964 bits per heavy atom. The Labute approximate surface area is 172 Å². The Balaban J connectivity index is 1.55. The monoisotopic (exact) mass is 430 g/mol. The van der Waals surface area contributed by atoms with Crippen LogP contribution in [0.2, 0.25) is 10.0 Å². The van der Waals surface area contributed by atoms with Crippen molar-refractivity contribution in [3.8, 4) is 0 Å². The molecule has 8 heteroatoms. The van der Waals surface area contributed by atoms with Crippen LogP contribution < -0.4 is 0 Å². The van der Waals surface area contributed by atoms with Crippen LogP contribution in [0, 0.1) is 0 Å². The van der Waals surface area contributed by atoms with Gasteiger partial charge < -0.3 is 4.72 Å². The van der Waals surface area contributed by atoms with Crippen LogP contribution in [0.1, 0.15) is 5.56 Å². The normalized spacial score (nSPS) is 11.6. The molecule has 0 spiro atoms. The Hall–Kier alpha value is -2.54. The highest BCUT2D eigenvalue weighted by molar-refractivity contribution is 7.94. The zero-order valence-corrected chi connectivity index (χ0v) is 16.8. The first-order valence-corrected chi connectivity index (χ1v) is 10.5. The van der Waals surface area contributed by atoms with E-state index in [9.17, 15) is 8.42 Å². The lowest BCUT2D eigenvalue weighted by Gasteiger charge is -2.19. The fourth-order valence-corrected chi connectivity index (χ4v) is 4.29. The van der Waals surface area contributed by atoms with Crippen LogP contribution in [-0.4, -0.2) is 18.2 Å². The third-order valence-electron chi connectivity index (χ3n) is 4.21. The summed E-state index contributed by atoms with van der Waals surface area (Å²) in [4.78, 5) is 0.139. The van der Waals surface area contributed by atoms with Gasteiger partial charge in [0.05, 0.1) is 11.4 Å². The molecule has 3 aromatic carbocycles. The Morgan fingerprint density at radius 3 is 2.54 bits per heavy atom. The molecule has 4 rings (SSSR count). The zero-order chi connectivity index (χ0) is 19.7. The number of nitrogens with zero attached hydrogens (tertiary/aromatic N) is 3. The van der Waals surface area contributed by atoms with E-state index in [4.69, 9.17) is 23.2 Å². The van der Waals surface area contributed by atoms with Crippen LogP contribution in [0.5, 0.6) is 0 Å². The van der Waals surface area contributed by atoms with Gasteiger partial charge in [-0.2, -0.15) is 5.10 Å². The molecule has 28 heavy (non-hydrogen) atoms. The first-order chi connectivity index (χ1) is 13.4. The largest absolute Gasteiger partial charge is 0.570 e. The lowest BCUT2D eigenvalue weighted by atomic mass is 10.1. The predicted octanol–water partition coefficient (Wildman–Crippen LogP) is 5.79. The first kappa shape index (κ1) is 18.8. The topological polar surface area (TPSA) is 66.1 Å². The minimum absolute atomic E-state index is 0.139. The predicted molar refractivity (Wildman–Crippen MR) is 112 cm³/mol. The Morgan fingerprint density at radius 2 is 1.75 bits per heavy atom. The van der Waals surface area contributed by atoms with E-state index in [-0.39, 0.29) is 10.6 Å². The van der Waals surface area contributed by atoms with Gasteiger partial charge in [0.2, 0.25) is 0 Å². The maximum absolute atomic E-state index is 12.7. The molecule has 0 unspecified atom stereocenters. The van der Waals surface area contributed by atoms with Crippen LogP contribution >= 0.6 is 23.2 Å². The second-order valence-electron chi connectivity index (χ2n) is 6.21. The summed E-state index contributed by atoms with van der Waals surface area (Å²) in [6.07, 6.45) is 2.96. The van der Waals surface area contributed by atoms with E-state index in [1.165, 1.54) is 6.20 Å². The standard InChI is InChI=1S/C20H14Cl2N3O2S/c21-17-7-5-16(20(22)10-17)12-25-13-18(11-23-25)24-28(26,27)19-8-6-14-3-1-2-4-15(14)9-19/h1-11,13H,12H2/q-1. The number of rotatable bonds is 5. The van der Waals surface area contributed by atoms with Crippen molar-refractivity contribution in [1.82, 2.24) is 9.78 Å². The van der Waals surface area contributed by atoms with Gasteiger partial charge in [0, 0.05) is 22.4 Å². The molecule has 0 atom stereocenters. The number of sulfonamides is 1. The molecule has 0 fully saturated rings. The third-order valence-corrected chi connectivity index (χ3v) is 6.10. The summed E-state index contributed by atoms with van der Waals surface area (Å²) in [5.41, 5.74) is 1.07. The molecule has 142 valence electrons. The number of aromatic nitrogens is 2. The van der Waals surface area contributed by atoms with E-state index < -0.39 is 10.0 Å². The highest BCUT2D eigenvalue weighted by atomic mass is 35.5. The molecule has 0 amide bonds. The minimum atomic E-state index is -3.85. The second-order valence-corrected chi connectivity index (χ2v) is 8.65. The molecule has 0 N–H and O–H groups in total. The summed E-state index contributed by atoms with van der Waals surface area (Å²) < 4.78 is 30.8. The molecular weight excluding hydrogens is 417 g/mol. The van der Waals surface area contributed by atoms with Crippen molar-refractivity contribution in [3.63, 3.8) is 0 Å². The molecule has 0 saturated heterocycles. The van der Waals surface area contributed by atoms with Gasteiger partial charge in [-0.25, -0.2) is 8.42 Å². The van der Waals surface area contributed by atoms with Crippen LogP contribution in [0.4, 0.5) is 5.69 Å². The summed E-state index contributed by atoms with van der Waals surface area (Å²) in [6, 6.07) is 17.7. The fourth-order valence-electron chi connectivity index (χ4n) is 2.83. The molecule has 1 heterocycles. The first-order valence-electron chi connectivity index (χ1n) is 8.34. The molecule has 4 aromatic rings. The molecular formula is C20H14Cl2N3O2S-. The highest BCUT2D eigenvalue weighted by Crippen LogP contribution is 2.29. The van der Waals surface area contributed by atoms with Gasteiger partial charge in [-0.15, -0.1) is 0 Å². The van der Waals surface area contributed by atoms with Crippen LogP contribution in [0.15, 0.2) is 78.0 Å². The fraction of sp³-hybridized carbons (Fsp3) is 0.0500. The average Bonchev–Trinajstić information content (AvgIpc) is 3.10. The summed E-state index contributed by atoms with van der Waals surface area (Å²) >= 11 is 12.1. The lowest BCUT2D eigenvalue weighted by Crippen LogP contribution is -2.00. The molecule has 5 nitrogen and oxygen atoms in total. The molecule has 0 aliphatic rings. The van der Waals surface area contributed by atoms with Crippen LogP contribution in [-0.2, 0) is 16.6 Å². The summed E-state index contributed by atoms with van der Waals surface area (Å²) in [5, 5.41) is 7.04. The Bertz CT molecular complexity index is 1270. The van der Waals surface area contributed by atoms with Gasteiger partial charge in [-0.05, 0) is 40.6 Å². The highest BCUT2D eigenvalue weighted by Gasteiger charge is 2.08. The maximum atomic E-state index is 12.7. The van der Waals surface area contributed by atoms with E-state index in [0.29, 0.717) is 16.6 Å². The van der Waals surface area contributed by atoms with Gasteiger partial charge in [0.15, 0.2) is 0 Å². The molecule has 0 radical (unpaired) electrons. The van der Waals surface area contributed by atoms with Gasteiger partial charge in [0.1, 0.15) is 10.0 Å². The zero-order valence-electron chi connectivity index (χ0n) is 14.5. The molecule has 0 aliphatic carbocycles. The van der Waals surface area contributed by atoms with E-state index >= 15 is 0 Å². The van der Waals surface area contributed by atoms with Crippen molar-refractivity contribution in [1.29, 1.82) is 0 Å². The molecule has 1 aromatic heterocycles. The SMILES string of the molecule is O=S(=O)([N-]c1cnn(Cc2ccc(Cl)cc2Cl)c1)c1ccc2ccccc2c1. The van der Waals surface area contributed by atoms with Crippen molar-refractivity contribution < 1.29 is 8.42 Å². The smallest absolute Gasteiger partial charge is 0.123 e. The van der Waals surface area contributed by atoms with Crippen molar-refractivity contribution >= 4 is 49.7 Å².